The summed E-state index contributed by atoms with van der Waals surface area (Å²) in [5, 5.41) is 8.97. The zero-order valence-electron chi connectivity index (χ0n) is 10.5. The normalized spacial score (nSPS) is 10.7. The zero-order valence-corrected chi connectivity index (χ0v) is 10.5. The van der Waals surface area contributed by atoms with Gasteiger partial charge in [-0.15, -0.1) is 0 Å². The molecule has 0 aromatic heterocycles. The summed E-state index contributed by atoms with van der Waals surface area (Å²) in [5.74, 6) is -3.89. The SMILES string of the molecule is Oc1ccc(OCc2ccc(OC(F)F)cc2)c(F)c1F. The Morgan fingerprint density at radius 2 is 1.62 bits per heavy atom. The van der Waals surface area contributed by atoms with E-state index >= 15 is 0 Å². The number of alkyl halides is 2. The minimum absolute atomic E-state index is 0.0180. The van der Waals surface area contributed by atoms with Gasteiger partial charge in [0.1, 0.15) is 12.4 Å². The third-order valence-corrected chi connectivity index (χ3v) is 2.57. The summed E-state index contributed by atoms with van der Waals surface area (Å²) in [4.78, 5) is 0. The second kappa shape index (κ2) is 6.34. The summed E-state index contributed by atoms with van der Waals surface area (Å²) in [5.41, 5.74) is 0.546. The molecule has 0 atom stereocenters. The number of hydrogen-bond donors (Lipinski definition) is 1. The van der Waals surface area contributed by atoms with E-state index in [1.54, 1.807) is 0 Å². The van der Waals surface area contributed by atoms with Crippen LogP contribution in [0.4, 0.5) is 17.6 Å². The molecule has 0 aliphatic rings. The summed E-state index contributed by atoms with van der Waals surface area (Å²) in [6.07, 6.45) is 0. The smallest absolute Gasteiger partial charge is 0.387 e. The number of halogens is 4. The van der Waals surface area contributed by atoms with Crippen molar-refractivity contribution in [2.45, 2.75) is 13.2 Å². The molecule has 0 unspecified atom stereocenters. The molecule has 2 aromatic rings. The lowest BCUT2D eigenvalue weighted by Crippen LogP contribution is -2.02. The number of ether oxygens (including phenoxy) is 2. The van der Waals surface area contributed by atoms with Gasteiger partial charge < -0.3 is 14.6 Å². The summed E-state index contributed by atoms with van der Waals surface area (Å²) in [6.45, 7) is -3.02. The summed E-state index contributed by atoms with van der Waals surface area (Å²) < 4.78 is 59.7. The first-order valence-electron chi connectivity index (χ1n) is 5.81. The fourth-order valence-corrected chi connectivity index (χ4v) is 1.56. The van der Waals surface area contributed by atoms with E-state index in [4.69, 9.17) is 9.84 Å². The highest BCUT2D eigenvalue weighted by molar-refractivity contribution is 5.34. The van der Waals surface area contributed by atoms with E-state index in [0.717, 1.165) is 12.1 Å². The zero-order chi connectivity index (χ0) is 15.4. The number of rotatable bonds is 5. The standard InChI is InChI=1S/C14H10F4O3/c15-12-10(19)5-6-11(13(12)16)20-7-8-1-3-9(4-2-8)21-14(17)18/h1-6,14,19H,7H2. The Morgan fingerprint density at radius 1 is 0.952 bits per heavy atom. The van der Waals surface area contributed by atoms with Gasteiger partial charge >= 0.3 is 6.61 Å². The predicted octanol–water partition coefficient (Wildman–Crippen LogP) is 3.85. The van der Waals surface area contributed by atoms with Crippen LogP contribution in [0, 0.1) is 11.6 Å². The molecular weight excluding hydrogens is 292 g/mol. The average Bonchev–Trinajstić information content (AvgIpc) is 2.45. The Bertz CT molecular complexity index is 614. The lowest BCUT2D eigenvalue weighted by Gasteiger charge is -2.09. The van der Waals surface area contributed by atoms with Crippen LogP contribution >= 0.6 is 0 Å². The average molecular weight is 302 g/mol. The summed E-state index contributed by atoms with van der Waals surface area (Å²) in [6, 6.07) is 7.56. The molecule has 0 radical (unpaired) electrons. The number of aromatic hydroxyl groups is 1. The minimum Gasteiger partial charge on any atom is -0.505 e. The Balaban J connectivity index is 2.02. The van der Waals surface area contributed by atoms with E-state index in [9.17, 15) is 17.6 Å². The van der Waals surface area contributed by atoms with Gasteiger partial charge in [-0.1, -0.05) is 12.1 Å². The molecule has 0 fully saturated rings. The van der Waals surface area contributed by atoms with Crippen molar-refractivity contribution in [2.75, 3.05) is 0 Å². The minimum atomic E-state index is -2.92. The largest absolute Gasteiger partial charge is 0.505 e. The van der Waals surface area contributed by atoms with Crippen LogP contribution in [0.2, 0.25) is 0 Å². The fraction of sp³-hybridized carbons (Fsp3) is 0.143. The molecule has 0 amide bonds. The number of benzene rings is 2. The van der Waals surface area contributed by atoms with E-state index in [-0.39, 0.29) is 18.1 Å². The van der Waals surface area contributed by atoms with E-state index in [1.807, 2.05) is 0 Å². The van der Waals surface area contributed by atoms with E-state index in [1.165, 1.54) is 24.3 Å². The van der Waals surface area contributed by atoms with Crippen LogP contribution in [0.1, 0.15) is 5.56 Å². The Labute approximate surface area is 117 Å². The maximum Gasteiger partial charge on any atom is 0.387 e. The molecule has 0 bridgehead atoms. The van der Waals surface area contributed by atoms with E-state index in [2.05, 4.69) is 4.74 Å². The van der Waals surface area contributed by atoms with E-state index in [0.29, 0.717) is 5.56 Å². The van der Waals surface area contributed by atoms with Gasteiger partial charge in [-0.05, 0) is 29.8 Å². The first-order valence-corrected chi connectivity index (χ1v) is 5.81. The monoisotopic (exact) mass is 302 g/mol. The summed E-state index contributed by atoms with van der Waals surface area (Å²) >= 11 is 0. The molecule has 1 N–H and O–H groups in total. The highest BCUT2D eigenvalue weighted by Gasteiger charge is 2.14. The third-order valence-electron chi connectivity index (χ3n) is 2.57. The van der Waals surface area contributed by atoms with Crippen LogP contribution in [0.5, 0.6) is 17.2 Å². The van der Waals surface area contributed by atoms with Crippen LogP contribution in [-0.2, 0) is 6.61 Å². The molecule has 21 heavy (non-hydrogen) atoms. The van der Waals surface area contributed by atoms with Crippen molar-refractivity contribution in [2.24, 2.45) is 0 Å². The molecule has 2 aromatic carbocycles. The molecule has 0 aliphatic carbocycles. The lowest BCUT2D eigenvalue weighted by molar-refractivity contribution is -0.0498. The molecule has 0 aliphatic heterocycles. The second-order valence-corrected chi connectivity index (χ2v) is 4.02. The Hall–Kier alpha value is -2.44. The molecule has 2 rings (SSSR count). The highest BCUT2D eigenvalue weighted by atomic mass is 19.3. The van der Waals surface area contributed by atoms with Gasteiger partial charge in [0.05, 0.1) is 0 Å². The molecule has 0 saturated carbocycles. The molecule has 0 spiro atoms. The van der Waals surface area contributed by atoms with Gasteiger partial charge in [0.15, 0.2) is 11.5 Å². The van der Waals surface area contributed by atoms with Crippen LogP contribution in [0.3, 0.4) is 0 Å². The van der Waals surface area contributed by atoms with Crippen molar-refractivity contribution in [3.63, 3.8) is 0 Å². The van der Waals surface area contributed by atoms with Crippen LogP contribution in [-0.4, -0.2) is 11.7 Å². The predicted molar refractivity (Wildman–Crippen MR) is 65.4 cm³/mol. The lowest BCUT2D eigenvalue weighted by atomic mass is 10.2. The topological polar surface area (TPSA) is 38.7 Å². The Morgan fingerprint density at radius 3 is 2.24 bits per heavy atom. The summed E-state index contributed by atoms with van der Waals surface area (Å²) in [7, 11) is 0. The first kappa shape index (κ1) is 15.0. The molecule has 112 valence electrons. The Kier molecular flexibility index (Phi) is 4.52. The quantitative estimate of drug-likeness (QED) is 0.853. The maximum absolute atomic E-state index is 13.4. The van der Waals surface area contributed by atoms with Crippen molar-refractivity contribution in [1.29, 1.82) is 0 Å². The van der Waals surface area contributed by atoms with Gasteiger partial charge in [0.25, 0.3) is 0 Å². The van der Waals surface area contributed by atoms with Crippen LogP contribution in [0.25, 0.3) is 0 Å². The maximum atomic E-state index is 13.4. The molecule has 7 heteroatoms. The number of phenolic OH excluding ortho intramolecular Hbond substituents is 1. The van der Waals surface area contributed by atoms with Gasteiger partial charge in [-0.2, -0.15) is 17.6 Å². The highest BCUT2D eigenvalue weighted by Crippen LogP contribution is 2.27. The fourth-order valence-electron chi connectivity index (χ4n) is 1.56. The van der Waals surface area contributed by atoms with Crippen molar-refractivity contribution in [1.82, 2.24) is 0 Å². The molecular formula is C14H10F4O3. The van der Waals surface area contributed by atoms with Gasteiger partial charge in [0, 0.05) is 0 Å². The van der Waals surface area contributed by atoms with Crippen molar-refractivity contribution < 1.29 is 32.1 Å². The molecule has 0 heterocycles. The second-order valence-electron chi connectivity index (χ2n) is 4.02. The van der Waals surface area contributed by atoms with Gasteiger partial charge in [-0.3, -0.25) is 0 Å². The van der Waals surface area contributed by atoms with Crippen LogP contribution < -0.4 is 9.47 Å². The van der Waals surface area contributed by atoms with Crippen molar-refractivity contribution in [3.05, 3.63) is 53.6 Å². The first-order chi connectivity index (χ1) is 9.97. The van der Waals surface area contributed by atoms with Gasteiger partial charge in [0.2, 0.25) is 11.6 Å². The molecule has 0 saturated heterocycles. The van der Waals surface area contributed by atoms with Crippen LogP contribution in [0.15, 0.2) is 36.4 Å². The molecule has 3 nitrogen and oxygen atoms in total. The van der Waals surface area contributed by atoms with E-state index < -0.39 is 24.0 Å². The number of phenols is 1. The van der Waals surface area contributed by atoms with Crippen molar-refractivity contribution >= 4 is 0 Å². The third kappa shape index (κ3) is 3.77. The van der Waals surface area contributed by atoms with Gasteiger partial charge in [-0.25, -0.2) is 0 Å². The van der Waals surface area contributed by atoms with Crippen molar-refractivity contribution in [3.8, 4) is 17.2 Å². The number of hydrogen-bond acceptors (Lipinski definition) is 3.